The Morgan fingerprint density at radius 3 is 2.95 bits per heavy atom. The molecular formula is C13H23N3O2S. The van der Waals surface area contributed by atoms with Crippen molar-refractivity contribution < 1.29 is 8.42 Å². The number of nitrogens with one attached hydrogen (secondary N) is 1. The van der Waals surface area contributed by atoms with Crippen LogP contribution in [0.3, 0.4) is 0 Å². The molecule has 1 aromatic heterocycles. The Bertz CT molecular complexity index is 510. The molecule has 6 heteroatoms. The van der Waals surface area contributed by atoms with Crippen molar-refractivity contribution in [2.45, 2.75) is 38.8 Å². The molecule has 2 atom stereocenters. The Kier molecular flexibility index (Phi) is 4.62. The summed E-state index contributed by atoms with van der Waals surface area (Å²) in [5, 5.41) is 7.62. The lowest BCUT2D eigenvalue weighted by Crippen LogP contribution is -2.20. The minimum atomic E-state index is -2.78. The fourth-order valence-electron chi connectivity index (χ4n) is 2.72. The molecule has 19 heavy (non-hydrogen) atoms. The van der Waals surface area contributed by atoms with Crippen LogP contribution in [0.1, 0.15) is 37.8 Å². The van der Waals surface area contributed by atoms with Crippen LogP contribution in [0.25, 0.3) is 0 Å². The van der Waals surface area contributed by atoms with Crippen LogP contribution in [-0.2, 0) is 16.4 Å². The van der Waals surface area contributed by atoms with Crippen LogP contribution in [-0.4, -0.2) is 36.8 Å². The van der Waals surface area contributed by atoms with Gasteiger partial charge in [0.25, 0.3) is 0 Å². The molecule has 0 radical (unpaired) electrons. The van der Waals surface area contributed by atoms with Crippen molar-refractivity contribution in [3.8, 4) is 0 Å². The van der Waals surface area contributed by atoms with Gasteiger partial charge >= 0.3 is 0 Å². The zero-order valence-corrected chi connectivity index (χ0v) is 12.5. The first-order valence-electron chi connectivity index (χ1n) is 6.94. The fourth-order valence-corrected chi connectivity index (χ4v) is 4.60. The molecule has 1 aliphatic rings. The number of hydrogen-bond donors (Lipinski definition) is 1. The minimum Gasteiger partial charge on any atom is -0.313 e. The third kappa shape index (κ3) is 3.79. The standard InChI is InChI=1S/C13H23N3O2S/c1-3-5-16-9-12(8-15-16)13(14-2)7-11-4-6-19(17,18)10-11/h8-9,11,13-14H,3-7,10H2,1-2H3. The van der Waals surface area contributed by atoms with E-state index in [0.717, 1.165) is 31.4 Å². The van der Waals surface area contributed by atoms with Crippen LogP contribution in [0.15, 0.2) is 12.4 Å². The van der Waals surface area contributed by atoms with Crippen LogP contribution < -0.4 is 5.32 Å². The first kappa shape index (κ1) is 14.5. The van der Waals surface area contributed by atoms with Crippen LogP contribution in [0.4, 0.5) is 0 Å². The molecular weight excluding hydrogens is 262 g/mol. The van der Waals surface area contributed by atoms with E-state index in [0.29, 0.717) is 11.5 Å². The highest BCUT2D eigenvalue weighted by Gasteiger charge is 2.30. The van der Waals surface area contributed by atoms with Crippen molar-refractivity contribution in [2.75, 3.05) is 18.6 Å². The van der Waals surface area contributed by atoms with Crippen molar-refractivity contribution in [1.82, 2.24) is 15.1 Å². The topological polar surface area (TPSA) is 64.0 Å². The lowest BCUT2D eigenvalue weighted by molar-refractivity contribution is 0.436. The number of rotatable bonds is 6. The van der Waals surface area contributed by atoms with Crippen LogP contribution in [0.2, 0.25) is 0 Å². The molecule has 2 heterocycles. The molecule has 108 valence electrons. The largest absolute Gasteiger partial charge is 0.313 e. The van der Waals surface area contributed by atoms with Gasteiger partial charge in [0.1, 0.15) is 0 Å². The van der Waals surface area contributed by atoms with Crippen molar-refractivity contribution >= 4 is 9.84 Å². The molecule has 1 fully saturated rings. The number of sulfone groups is 1. The van der Waals surface area contributed by atoms with Gasteiger partial charge < -0.3 is 5.32 Å². The van der Waals surface area contributed by atoms with E-state index in [9.17, 15) is 8.42 Å². The number of hydrogen-bond acceptors (Lipinski definition) is 4. The molecule has 1 aromatic rings. The molecule has 2 unspecified atom stereocenters. The fraction of sp³-hybridized carbons (Fsp3) is 0.769. The summed E-state index contributed by atoms with van der Waals surface area (Å²) in [6.45, 7) is 3.05. The lowest BCUT2D eigenvalue weighted by atomic mass is 9.96. The zero-order valence-electron chi connectivity index (χ0n) is 11.7. The summed E-state index contributed by atoms with van der Waals surface area (Å²) in [4.78, 5) is 0. The minimum absolute atomic E-state index is 0.198. The molecule has 1 aliphatic heterocycles. The van der Waals surface area contributed by atoms with Crippen LogP contribution in [0, 0.1) is 5.92 Å². The van der Waals surface area contributed by atoms with E-state index in [2.05, 4.69) is 23.5 Å². The molecule has 0 amide bonds. The average molecular weight is 285 g/mol. The lowest BCUT2D eigenvalue weighted by Gasteiger charge is -2.18. The van der Waals surface area contributed by atoms with Crippen LogP contribution >= 0.6 is 0 Å². The molecule has 5 nitrogen and oxygen atoms in total. The molecule has 0 bridgehead atoms. The van der Waals surface area contributed by atoms with E-state index in [-0.39, 0.29) is 12.0 Å². The van der Waals surface area contributed by atoms with Gasteiger partial charge in [-0.15, -0.1) is 0 Å². The maximum absolute atomic E-state index is 11.5. The number of nitrogens with zero attached hydrogens (tertiary/aromatic N) is 2. The van der Waals surface area contributed by atoms with Gasteiger partial charge in [-0.1, -0.05) is 6.92 Å². The van der Waals surface area contributed by atoms with E-state index >= 15 is 0 Å². The molecule has 1 saturated heterocycles. The third-order valence-corrected chi connectivity index (χ3v) is 5.59. The second-order valence-corrected chi connectivity index (χ2v) is 7.61. The van der Waals surface area contributed by atoms with E-state index < -0.39 is 9.84 Å². The summed E-state index contributed by atoms with van der Waals surface area (Å²) in [6.07, 6.45) is 6.68. The summed E-state index contributed by atoms with van der Waals surface area (Å²) in [6, 6.07) is 0.198. The van der Waals surface area contributed by atoms with E-state index in [1.807, 2.05) is 17.9 Å². The Hall–Kier alpha value is -0.880. The van der Waals surface area contributed by atoms with Gasteiger partial charge in [0.05, 0.1) is 17.7 Å². The predicted molar refractivity (Wildman–Crippen MR) is 75.7 cm³/mol. The van der Waals surface area contributed by atoms with Gasteiger partial charge in [0.15, 0.2) is 9.84 Å². The molecule has 0 spiro atoms. The summed E-state index contributed by atoms with van der Waals surface area (Å²) in [5.41, 5.74) is 1.15. The SMILES string of the molecule is CCCn1cc(C(CC2CCS(=O)(=O)C2)NC)cn1. The molecule has 0 saturated carbocycles. The average Bonchev–Trinajstić information content (AvgIpc) is 2.93. The summed E-state index contributed by atoms with van der Waals surface area (Å²) >= 11 is 0. The smallest absolute Gasteiger partial charge is 0.150 e. The Morgan fingerprint density at radius 2 is 2.37 bits per heavy atom. The van der Waals surface area contributed by atoms with Crippen molar-refractivity contribution in [3.05, 3.63) is 18.0 Å². The van der Waals surface area contributed by atoms with Gasteiger partial charge in [0.2, 0.25) is 0 Å². The Morgan fingerprint density at radius 1 is 1.58 bits per heavy atom. The summed E-state index contributed by atoms with van der Waals surface area (Å²) < 4.78 is 24.9. The van der Waals surface area contributed by atoms with Crippen molar-refractivity contribution in [3.63, 3.8) is 0 Å². The molecule has 0 aliphatic carbocycles. The maximum Gasteiger partial charge on any atom is 0.150 e. The monoisotopic (exact) mass is 285 g/mol. The Balaban J connectivity index is 1.99. The first-order valence-corrected chi connectivity index (χ1v) is 8.76. The second kappa shape index (κ2) is 6.05. The molecule has 0 aromatic carbocycles. The highest BCUT2D eigenvalue weighted by Crippen LogP contribution is 2.28. The van der Waals surface area contributed by atoms with Gasteiger partial charge in [-0.3, -0.25) is 4.68 Å². The van der Waals surface area contributed by atoms with Crippen molar-refractivity contribution in [2.24, 2.45) is 5.92 Å². The van der Waals surface area contributed by atoms with Crippen LogP contribution in [0.5, 0.6) is 0 Å². The highest BCUT2D eigenvalue weighted by atomic mass is 32.2. The molecule has 2 rings (SSSR count). The van der Waals surface area contributed by atoms with Gasteiger partial charge in [-0.05, 0) is 32.2 Å². The maximum atomic E-state index is 11.5. The molecule has 1 N–H and O–H groups in total. The zero-order chi connectivity index (χ0) is 13.9. The van der Waals surface area contributed by atoms with E-state index in [4.69, 9.17) is 0 Å². The number of aromatic nitrogens is 2. The van der Waals surface area contributed by atoms with Gasteiger partial charge in [0, 0.05) is 24.3 Å². The first-order chi connectivity index (χ1) is 9.04. The second-order valence-electron chi connectivity index (χ2n) is 5.38. The summed E-state index contributed by atoms with van der Waals surface area (Å²) in [5.74, 6) is 0.967. The number of aryl methyl sites for hydroxylation is 1. The van der Waals surface area contributed by atoms with Crippen molar-refractivity contribution in [1.29, 1.82) is 0 Å². The normalized spacial score (nSPS) is 23.6. The third-order valence-electron chi connectivity index (χ3n) is 3.75. The predicted octanol–water partition coefficient (Wildman–Crippen LogP) is 1.38. The van der Waals surface area contributed by atoms with Gasteiger partial charge in [-0.25, -0.2) is 8.42 Å². The highest BCUT2D eigenvalue weighted by molar-refractivity contribution is 7.91. The quantitative estimate of drug-likeness (QED) is 0.857. The Labute approximate surface area is 115 Å². The summed E-state index contributed by atoms with van der Waals surface area (Å²) in [7, 11) is -0.862. The van der Waals surface area contributed by atoms with Gasteiger partial charge in [-0.2, -0.15) is 5.10 Å². The van der Waals surface area contributed by atoms with E-state index in [1.54, 1.807) is 0 Å². The van der Waals surface area contributed by atoms with E-state index in [1.165, 1.54) is 0 Å².